The fraction of sp³-hybridized carbons (Fsp3) is 0.333. The number of hydrogen-bond donors (Lipinski definition) is 1. The van der Waals surface area contributed by atoms with Crippen molar-refractivity contribution < 1.29 is 46.8 Å². The van der Waals surface area contributed by atoms with Gasteiger partial charge in [-0.2, -0.15) is 13.2 Å². The number of carboxylic acids is 1. The Morgan fingerprint density at radius 3 is 2.42 bits per heavy atom. The van der Waals surface area contributed by atoms with Gasteiger partial charge in [-0.3, -0.25) is 0 Å². The van der Waals surface area contributed by atoms with Gasteiger partial charge in [0.15, 0.2) is 17.6 Å². The summed E-state index contributed by atoms with van der Waals surface area (Å²) in [6, 6.07) is 9.21. The molecule has 1 aliphatic rings. The number of carbonyl (C=O) groups is 2. The molecule has 1 aliphatic heterocycles. The highest BCUT2D eigenvalue weighted by molar-refractivity contribution is 5.90. The number of methoxy groups -OCH3 is 1. The number of hydrogen-bond acceptors (Lipinski definition) is 6. The number of benzene rings is 2. The third-order valence-corrected chi connectivity index (χ3v) is 4.88. The third kappa shape index (κ3) is 4.02. The van der Waals surface area contributed by atoms with Crippen LogP contribution in [-0.2, 0) is 19.9 Å². The van der Waals surface area contributed by atoms with E-state index in [1.54, 1.807) is 0 Å². The van der Waals surface area contributed by atoms with Crippen LogP contribution in [0.3, 0.4) is 0 Å². The molecule has 7 nitrogen and oxygen atoms in total. The summed E-state index contributed by atoms with van der Waals surface area (Å²) >= 11 is 0. The van der Waals surface area contributed by atoms with Gasteiger partial charge < -0.3 is 24.1 Å². The summed E-state index contributed by atoms with van der Waals surface area (Å²) in [6.45, 7) is 0.835. The van der Waals surface area contributed by atoms with Crippen molar-refractivity contribution in [3.8, 4) is 11.5 Å². The van der Waals surface area contributed by atoms with Crippen LogP contribution in [0, 0.1) is 6.92 Å². The van der Waals surface area contributed by atoms with Gasteiger partial charge in [0, 0.05) is 18.2 Å². The van der Waals surface area contributed by atoms with Gasteiger partial charge in [0.1, 0.15) is 13.2 Å². The summed E-state index contributed by atoms with van der Waals surface area (Å²) in [4.78, 5) is 23.9. The summed E-state index contributed by atoms with van der Waals surface area (Å²) in [5.74, 6) is -2.41. The van der Waals surface area contributed by atoms with Crippen LogP contribution in [0.4, 0.5) is 13.2 Å². The number of halogens is 3. The molecular formula is C21H19F3O7. The lowest BCUT2D eigenvalue weighted by atomic mass is 9.93. The Kier molecular flexibility index (Phi) is 6.12. The fourth-order valence-electron chi connectivity index (χ4n) is 3.28. The lowest BCUT2D eigenvalue weighted by Crippen LogP contribution is -2.52. The molecule has 31 heavy (non-hydrogen) atoms. The quantitative estimate of drug-likeness (QED) is 0.688. The first-order valence-electron chi connectivity index (χ1n) is 9.12. The van der Waals surface area contributed by atoms with Crippen LogP contribution in [0.2, 0.25) is 0 Å². The second kappa shape index (κ2) is 8.46. The summed E-state index contributed by atoms with van der Waals surface area (Å²) < 4.78 is 62.5. The van der Waals surface area contributed by atoms with E-state index in [2.05, 4.69) is 4.74 Å². The van der Waals surface area contributed by atoms with Crippen molar-refractivity contribution in [3.63, 3.8) is 0 Å². The SMILES string of the molecule is COC(C(=O)OCC1COc2ccc(C(=O)O)c(C)c2O1)(c1ccccc1)C(F)(F)F. The molecule has 0 aromatic heterocycles. The molecule has 0 spiro atoms. The van der Waals surface area contributed by atoms with Crippen LogP contribution in [0.1, 0.15) is 21.5 Å². The molecule has 0 fully saturated rings. The average Bonchev–Trinajstić information content (AvgIpc) is 2.73. The van der Waals surface area contributed by atoms with Crippen LogP contribution in [0.5, 0.6) is 11.5 Å². The maximum Gasteiger partial charge on any atom is 0.432 e. The monoisotopic (exact) mass is 440 g/mol. The van der Waals surface area contributed by atoms with Gasteiger partial charge in [0.05, 0.1) is 5.56 Å². The Bertz CT molecular complexity index is 975. The minimum atomic E-state index is -5.09. The summed E-state index contributed by atoms with van der Waals surface area (Å²) in [5.41, 5.74) is -3.47. The summed E-state index contributed by atoms with van der Waals surface area (Å²) in [7, 11) is 0.773. The van der Waals surface area contributed by atoms with Crippen LogP contribution in [0.15, 0.2) is 42.5 Å². The molecule has 1 N–H and O–H groups in total. The Hall–Kier alpha value is -3.27. The van der Waals surface area contributed by atoms with E-state index in [4.69, 9.17) is 14.2 Å². The molecule has 0 saturated carbocycles. The van der Waals surface area contributed by atoms with Crippen molar-refractivity contribution >= 4 is 11.9 Å². The second-order valence-electron chi connectivity index (χ2n) is 6.77. The molecule has 0 amide bonds. The van der Waals surface area contributed by atoms with Gasteiger partial charge in [0.25, 0.3) is 5.60 Å². The van der Waals surface area contributed by atoms with Gasteiger partial charge in [-0.1, -0.05) is 30.3 Å². The van der Waals surface area contributed by atoms with E-state index in [9.17, 15) is 27.9 Å². The van der Waals surface area contributed by atoms with E-state index < -0.39 is 42.0 Å². The molecule has 2 unspecified atom stereocenters. The predicted molar refractivity (Wildman–Crippen MR) is 100 cm³/mol. The minimum absolute atomic E-state index is 0.0143. The maximum absolute atomic E-state index is 13.9. The standard InChI is InChI=1S/C21H19F3O7/c1-12-15(18(25)26)8-9-16-17(12)31-14(10-29-16)11-30-19(27)20(28-2,21(22,23)24)13-6-4-3-5-7-13/h3-9,14H,10-11H2,1-2H3,(H,25,26). The van der Waals surface area contributed by atoms with Crippen molar-refractivity contribution in [1.29, 1.82) is 0 Å². The molecule has 2 atom stereocenters. The number of aromatic carboxylic acids is 1. The lowest BCUT2D eigenvalue weighted by molar-refractivity contribution is -0.277. The minimum Gasteiger partial charge on any atom is -0.486 e. The Labute approximate surface area is 175 Å². The molecule has 3 rings (SSSR count). The number of esters is 1. The second-order valence-corrected chi connectivity index (χ2v) is 6.77. The van der Waals surface area contributed by atoms with E-state index in [0.717, 1.165) is 19.2 Å². The Balaban J connectivity index is 1.80. The van der Waals surface area contributed by atoms with Crippen molar-refractivity contribution in [3.05, 3.63) is 59.2 Å². The molecule has 0 radical (unpaired) electrons. The third-order valence-electron chi connectivity index (χ3n) is 4.88. The molecule has 0 saturated heterocycles. The van der Waals surface area contributed by atoms with Crippen molar-refractivity contribution in [1.82, 2.24) is 0 Å². The summed E-state index contributed by atoms with van der Waals surface area (Å²) in [6.07, 6.45) is -6.04. The molecule has 2 aromatic rings. The molecular weight excluding hydrogens is 421 g/mol. The van der Waals surface area contributed by atoms with Gasteiger partial charge in [0.2, 0.25) is 0 Å². The molecule has 166 valence electrons. The normalized spacial score (nSPS) is 17.5. The number of alkyl halides is 3. The lowest BCUT2D eigenvalue weighted by Gasteiger charge is -2.33. The smallest absolute Gasteiger partial charge is 0.432 e. The highest BCUT2D eigenvalue weighted by Crippen LogP contribution is 2.43. The zero-order chi connectivity index (χ0) is 22.8. The van der Waals surface area contributed by atoms with Crippen LogP contribution in [-0.4, -0.2) is 49.6 Å². The van der Waals surface area contributed by atoms with Crippen molar-refractivity contribution in [2.24, 2.45) is 0 Å². The first-order chi connectivity index (χ1) is 14.6. The van der Waals surface area contributed by atoms with Gasteiger partial charge >= 0.3 is 18.1 Å². The number of fused-ring (bicyclic) bond motifs is 1. The maximum atomic E-state index is 13.9. The van der Waals surface area contributed by atoms with E-state index in [0.29, 0.717) is 0 Å². The topological polar surface area (TPSA) is 91.3 Å². The van der Waals surface area contributed by atoms with Crippen LogP contribution < -0.4 is 9.47 Å². The fourth-order valence-corrected chi connectivity index (χ4v) is 3.28. The highest BCUT2D eigenvalue weighted by Gasteiger charge is 2.64. The molecule has 0 bridgehead atoms. The van der Waals surface area contributed by atoms with Crippen molar-refractivity contribution in [2.45, 2.75) is 24.8 Å². The largest absolute Gasteiger partial charge is 0.486 e. The number of rotatable bonds is 6. The van der Waals surface area contributed by atoms with Crippen LogP contribution >= 0.6 is 0 Å². The zero-order valence-electron chi connectivity index (χ0n) is 16.6. The van der Waals surface area contributed by atoms with E-state index in [1.165, 1.54) is 37.3 Å². The average molecular weight is 440 g/mol. The number of carboxylic acid groups (broad SMARTS) is 1. The molecule has 0 aliphatic carbocycles. The molecule has 10 heteroatoms. The first kappa shape index (κ1) is 22.4. The molecule has 1 heterocycles. The highest BCUT2D eigenvalue weighted by atomic mass is 19.4. The summed E-state index contributed by atoms with van der Waals surface area (Å²) in [5, 5.41) is 9.22. The molecule has 2 aromatic carbocycles. The van der Waals surface area contributed by atoms with Crippen molar-refractivity contribution in [2.75, 3.05) is 20.3 Å². The van der Waals surface area contributed by atoms with E-state index >= 15 is 0 Å². The van der Waals surface area contributed by atoms with E-state index in [-0.39, 0.29) is 29.2 Å². The number of ether oxygens (including phenoxy) is 4. The number of carbonyl (C=O) groups excluding carboxylic acids is 1. The van der Waals surface area contributed by atoms with Gasteiger partial charge in [-0.25, -0.2) is 9.59 Å². The zero-order valence-corrected chi connectivity index (χ0v) is 16.6. The first-order valence-corrected chi connectivity index (χ1v) is 9.12. The Morgan fingerprint density at radius 1 is 1.16 bits per heavy atom. The van der Waals surface area contributed by atoms with Crippen LogP contribution in [0.25, 0.3) is 0 Å². The van der Waals surface area contributed by atoms with Gasteiger partial charge in [-0.05, 0) is 19.1 Å². The van der Waals surface area contributed by atoms with E-state index in [1.807, 2.05) is 0 Å². The predicted octanol–water partition coefficient (Wildman–Crippen LogP) is 3.48. The Morgan fingerprint density at radius 2 is 1.84 bits per heavy atom. The van der Waals surface area contributed by atoms with Gasteiger partial charge in [-0.15, -0.1) is 0 Å².